The molecule has 30 valence electrons. The summed E-state index contributed by atoms with van der Waals surface area (Å²) in [4.78, 5) is 0. The summed E-state index contributed by atoms with van der Waals surface area (Å²) in [6.45, 7) is 0. The molecule has 5 heavy (non-hydrogen) atoms. The molecule has 0 aliphatic heterocycles. The third-order valence-corrected chi connectivity index (χ3v) is 2.45. The van der Waals surface area contributed by atoms with Gasteiger partial charge < -0.3 is 4.12 Å². The van der Waals surface area contributed by atoms with Crippen LogP contribution in [0.5, 0.6) is 0 Å². The summed E-state index contributed by atoms with van der Waals surface area (Å²) in [5, 5.41) is 2.22. The molecule has 0 atom stereocenters. The molecule has 0 aliphatic carbocycles. The predicted molar refractivity (Wildman–Crippen MR) is 34.2 cm³/mol. The van der Waals surface area contributed by atoms with Gasteiger partial charge in [0.2, 0.25) is 0 Å². The molecule has 0 aliphatic rings. The van der Waals surface area contributed by atoms with E-state index in [0.717, 1.165) is 10.5 Å². The highest BCUT2D eigenvalue weighted by atomic mass is 28.3. The summed E-state index contributed by atoms with van der Waals surface area (Å²) >= 11 is 0. The minimum absolute atomic E-state index is 0.313. The van der Waals surface area contributed by atoms with Gasteiger partial charge in [-0.3, -0.25) is 0 Å². The van der Waals surface area contributed by atoms with Gasteiger partial charge in [-0.05, 0) is 0 Å². The van der Waals surface area contributed by atoms with Gasteiger partial charge in [0.15, 0.2) is 19.9 Å². The molecule has 0 saturated carbocycles. The second-order valence-electron chi connectivity index (χ2n) is 0.705. The molecule has 0 rings (SSSR count). The highest BCUT2D eigenvalue weighted by Crippen LogP contribution is 1.33. The lowest BCUT2D eigenvalue weighted by atomic mass is 11.9. The Morgan fingerprint density at radius 2 is 2.40 bits per heavy atom. The Balaban J connectivity index is 2.62. The first-order chi connectivity index (χ1) is 2.41. The minimum Gasteiger partial charge on any atom is -0.614 e. The van der Waals surface area contributed by atoms with Crippen molar-refractivity contribution < 1.29 is 4.12 Å². The molecule has 0 aromatic heterocycles. The van der Waals surface area contributed by atoms with Gasteiger partial charge in [0.1, 0.15) is 0 Å². The summed E-state index contributed by atoms with van der Waals surface area (Å²) in [6, 6.07) is 0. The highest BCUT2D eigenvalue weighted by molar-refractivity contribution is 6.72. The monoisotopic (exact) mass is 120 g/mol. The van der Waals surface area contributed by atoms with E-state index >= 15 is 0 Å². The van der Waals surface area contributed by atoms with Crippen LogP contribution in [0, 0.1) is 0 Å². The SMILES string of the molecule is [SiH3]C=[SiH]O[SiH3]. The van der Waals surface area contributed by atoms with Crippen molar-refractivity contribution in [2.24, 2.45) is 0 Å². The molecule has 0 aromatic rings. The van der Waals surface area contributed by atoms with Gasteiger partial charge in [0.05, 0.1) is 0 Å². The maximum absolute atomic E-state index is 4.89. The van der Waals surface area contributed by atoms with Crippen LogP contribution in [0.25, 0.3) is 0 Å². The summed E-state index contributed by atoms with van der Waals surface area (Å²) in [5.74, 6) is 0. The van der Waals surface area contributed by atoms with Crippen molar-refractivity contribution in [2.75, 3.05) is 0 Å². The summed E-state index contributed by atoms with van der Waals surface area (Å²) in [6.07, 6.45) is 0. The average molecular weight is 120 g/mol. The zero-order valence-electron chi connectivity index (χ0n) is 3.56. The van der Waals surface area contributed by atoms with E-state index in [-0.39, 0.29) is 0 Å². The van der Waals surface area contributed by atoms with E-state index in [2.05, 4.69) is 5.30 Å². The fourth-order valence-electron chi connectivity index (χ4n) is 0.136. The third kappa shape index (κ3) is 4.32. The lowest BCUT2D eigenvalue weighted by Gasteiger charge is -1.78. The lowest BCUT2D eigenvalue weighted by molar-refractivity contribution is 0.686. The average Bonchev–Trinajstić information content (AvgIpc) is 1.41. The Hall–Kier alpha value is 0.321. The molecule has 1 nitrogen and oxygen atoms in total. The number of hydrogen-bond acceptors (Lipinski definition) is 1. The van der Waals surface area contributed by atoms with Gasteiger partial charge in [0.25, 0.3) is 0 Å². The predicted octanol–water partition coefficient (Wildman–Crippen LogP) is -3.24. The van der Waals surface area contributed by atoms with Gasteiger partial charge in [-0.15, -0.1) is 0 Å². The van der Waals surface area contributed by atoms with Crippen molar-refractivity contribution in [3.63, 3.8) is 0 Å². The topological polar surface area (TPSA) is 9.23 Å². The van der Waals surface area contributed by atoms with Crippen LogP contribution in [0.15, 0.2) is 0 Å². The minimum atomic E-state index is 0.313. The molecular weight excluding hydrogens is 112 g/mol. The van der Waals surface area contributed by atoms with E-state index < -0.39 is 0 Å². The van der Waals surface area contributed by atoms with Crippen LogP contribution in [0.1, 0.15) is 0 Å². The normalized spacial score (nSPS) is 10.4. The maximum atomic E-state index is 4.89. The van der Waals surface area contributed by atoms with Crippen molar-refractivity contribution in [3.05, 3.63) is 0 Å². The zero-order chi connectivity index (χ0) is 4.12. The van der Waals surface area contributed by atoms with Crippen LogP contribution in [0.3, 0.4) is 0 Å². The second-order valence-corrected chi connectivity index (χ2v) is 5.53. The van der Waals surface area contributed by atoms with Gasteiger partial charge >= 0.3 is 0 Å². The molecular formula is CH8OSi3. The van der Waals surface area contributed by atoms with Crippen LogP contribution in [-0.4, -0.2) is 35.4 Å². The first kappa shape index (κ1) is 5.32. The molecule has 0 fully saturated rings. The maximum Gasteiger partial charge on any atom is 0.189 e. The van der Waals surface area contributed by atoms with Crippen LogP contribution in [0.4, 0.5) is 0 Å². The Labute approximate surface area is 40.3 Å². The van der Waals surface area contributed by atoms with Gasteiger partial charge in [-0.25, -0.2) is 0 Å². The Bertz CT molecular complexity index is 33.9. The number of rotatable bonds is 1. The highest BCUT2D eigenvalue weighted by Gasteiger charge is 1.49. The Morgan fingerprint density at radius 1 is 1.80 bits per heavy atom. The van der Waals surface area contributed by atoms with Crippen LogP contribution < -0.4 is 0 Å². The molecule has 4 heteroatoms. The molecule has 0 saturated heterocycles. The standard InChI is InChI=1S/CH8OSi3/c3-1-5-2-4/h1,5H,3-4H3. The van der Waals surface area contributed by atoms with E-state index in [1.54, 1.807) is 0 Å². The van der Waals surface area contributed by atoms with Gasteiger partial charge in [-0.1, -0.05) is 5.30 Å². The van der Waals surface area contributed by atoms with E-state index in [1.807, 2.05) is 0 Å². The van der Waals surface area contributed by atoms with E-state index in [4.69, 9.17) is 4.12 Å². The summed E-state index contributed by atoms with van der Waals surface area (Å²) in [5.41, 5.74) is 0. The van der Waals surface area contributed by atoms with E-state index in [1.165, 1.54) is 10.2 Å². The van der Waals surface area contributed by atoms with Gasteiger partial charge in [-0.2, -0.15) is 0 Å². The van der Waals surface area contributed by atoms with Crippen LogP contribution in [0.2, 0.25) is 0 Å². The number of hydrogen-bond donors (Lipinski definition) is 0. The molecule has 0 aromatic carbocycles. The van der Waals surface area contributed by atoms with E-state index in [9.17, 15) is 0 Å². The van der Waals surface area contributed by atoms with Crippen molar-refractivity contribution in [1.29, 1.82) is 0 Å². The van der Waals surface area contributed by atoms with Crippen LogP contribution in [-0.2, 0) is 4.12 Å². The fraction of sp³-hybridized carbons (Fsp3) is 0. The largest absolute Gasteiger partial charge is 0.614 e. The van der Waals surface area contributed by atoms with Gasteiger partial charge in [0, 0.05) is 10.2 Å². The first-order valence-electron chi connectivity index (χ1n) is 1.55. The molecule has 0 bridgehead atoms. The molecule has 0 amide bonds. The second kappa shape index (κ2) is 4.32. The lowest BCUT2D eigenvalue weighted by Crippen LogP contribution is -1.85. The van der Waals surface area contributed by atoms with E-state index in [0.29, 0.717) is 9.38 Å². The van der Waals surface area contributed by atoms with Crippen molar-refractivity contribution >= 4 is 35.4 Å². The summed E-state index contributed by atoms with van der Waals surface area (Å²) in [7, 11) is 2.45. The Morgan fingerprint density at radius 3 is 2.40 bits per heavy atom. The molecule has 0 spiro atoms. The van der Waals surface area contributed by atoms with Crippen molar-refractivity contribution in [2.45, 2.75) is 0 Å². The molecule has 0 unspecified atom stereocenters. The third-order valence-electron chi connectivity index (χ3n) is 0.272. The molecule has 0 radical (unpaired) electrons. The van der Waals surface area contributed by atoms with Crippen molar-refractivity contribution in [1.82, 2.24) is 0 Å². The van der Waals surface area contributed by atoms with Crippen LogP contribution >= 0.6 is 0 Å². The molecule has 0 heterocycles. The quantitative estimate of drug-likeness (QED) is 0.331. The zero-order valence-corrected chi connectivity index (χ0v) is 8.72. The molecule has 0 N–H and O–H groups in total. The Kier molecular flexibility index (Phi) is 4.60. The first-order valence-corrected chi connectivity index (χ1v) is 4.66. The van der Waals surface area contributed by atoms with Crippen molar-refractivity contribution in [3.8, 4) is 0 Å². The smallest absolute Gasteiger partial charge is 0.189 e. The fourth-order valence-corrected chi connectivity index (χ4v) is 3.67. The summed E-state index contributed by atoms with van der Waals surface area (Å²) < 4.78 is 4.89.